The van der Waals surface area contributed by atoms with Crippen molar-refractivity contribution in [3.05, 3.63) is 35.4 Å². The Morgan fingerprint density at radius 3 is 2.42 bits per heavy atom. The van der Waals surface area contributed by atoms with Crippen LogP contribution >= 0.6 is 24.0 Å². The van der Waals surface area contributed by atoms with Gasteiger partial charge < -0.3 is 15.8 Å². The summed E-state index contributed by atoms with van der Waals surface area (Å²) in [6, 6.07) is 9.06. The van der Waals surface area contributed by atoms with Crippen LogP contribution in [-0.2, 0) is 17.8 Å². The van der Waals surface area contributed by atoms with Crippen LogP contribution in [0.3, 0.4) is 0 Å². The van der Waals surface area contributed by atoms with Crippen LogP contribution in [0.1, 0.15) is 49.7 Å². The predicted molar refractivity (Wildman–Crippen MR) is 118 cm³/mol. The number of guanidine groups is 1. The highest BCUT2D eigenvalue weighted by Gasteiger charge is 2.14. The molecule has 0 unspecified atom stereocenters. The molecular formula is C20H33IN4O. The number of aliphatic imine (C=N–C) groups is 1. The van der Waals surface area contributed by atoms with Crippen molar-refractivity contribution in [2.45, 2.75) is 57.7 Å². The summed E-state index contributed by atoms with van der Waals surface area (Å²) in [6.45, 7) is 5.28. The van der Waals surface area contributed by atoms with Crippen LogP contribution in [0.5, 0.6) is 0 Å². The maximum atomic E-state index is 6.15. The Morgan fingerprint density at radius 1 is 1.08 bits per heavy atom. The van der Waals surface area contributed by atoms with E-state index in [1.54, 1.807) is 0 Å². The Morgan fingerprint density at radius 2 is 1.73 bits per heavy atom. The lowest BCUT2D eigenvalue weighted by Gasteiger charge is -2.27. The van der Waals surface area contributed by atoms with E-state index < -0.39 is 0 Å². The van der Waals surface area contributed by atoms with Gasteiger partial charge in [-0.05, 0) is 24.0 Å². The van der Waals surface area contributed by atoms with Crippen molar-refractivity contribution in [1.82, 2.24) is 10.2 Å². The molecule has 5 nitrogen and oxygen atoms in total. The van der Waals surface area contributed by atoms with Crippen molar-refractivity contribution in [1.29, 1.82) is 0 Å². The van der Waals surface area contributed by atoms with Crippen LogP contribution in [0, 0.1) is 0 Å². The highest BCUT2D eigenvalue weighted by molar-refractivity contribution is 14.0. The lowest BCUT2D eigenvalue weighted by molar-refractivity contribution is 0.0341. The van der Waals surface area contributed by atoms with E-state index in [9.17, 15) is 0 Å². The molecule has 3 N–H and O–H groups in total. The summed E-state index contributed by atoms with van der Waals surface area (Å²) in [7, 11) is 0. The van der Waals surface area contributed by atoms with E-state index in [-0.39, 0.29) is 24.0 Å². The minimum atomic E-state index is 0. The minimum absolute atomic E-state index is 0. The van der Waals surface area contributed by atoms with Gasteiger partial charge in [0.05, 0.1) is 19.8 Å². The molecule has 1 heterocycles. The fraction of sp³-hybridized carbons (Fsp3) is 0.650. The first-order valence-corrected chi connectivity index (χ1v) is 9.74. The molecule has 0 amide bonds. The van der Waals surface area contributed by atoms with Gasteiger partial charge in [-0.25, -0.2) is 4.99 Å². The minimum Gasteiger partial charge on any atom is -0.379 e. The molecule has 1 aromatic carbocycles. The van der Waals surface area contributed by atoms with E-state index in [1.807, 2.05) is 0 Å². The van der Waals surface area contributed by atoms with E-state index in [1.165, 1.54) is 49.7 Å². The van der Waals surface area contributed by atoms with Crippen LogP contribution in [0.4, 0.5) is 0 Å². The Hall–Kier alpha value is -0.860. The molecule has 1 aliphatic heterocycles. The average molecular weight is 472 g/mol. The van der Waals surface area contributed by atoms with Crippen molar-refractivity contribution < 1.29 is 4.74 Å². The highest BCUT2D eigenvalue weighted by Crippen LogP contribution is 2.17. The average Bonchev–Trinajstić information content (AvgIpc) is 2.90. The van der Waals surface area contributed by atoms with Gasteiger partial charge in [0.15, 0.2) is 5.96 Å². The zero-order valence-corrected chi connectivity index (χ0v) is 18.0. The number of hydrogen-bond donors (Lipinski definition) is 2. The molecule has 26 heavy (non-hydrogen) atoms. The molecule has 2 aliphatic rings. The Labute approximate surface area is 174 Å². The van der Waals surface area contributed by atoms with Crippen LogP contribution in [0.2, 0.25) is 0 Å². The zero-order valence-electron chi connectivity index (χ0n) is 15.7. The number of hydrogen-bond acceptors (Lipinski definition) is 3. The van der Waals surface area contributed by atoms with Crippen LogP contribution in [-0.4, -0.2) is 43.2 Å². The quantitative estimate of drug-likeness (QED) is 0.299. The summed E-state index contributed by atoms with van der Waals surface area (Å²) < 4.78 is 5.44. The third kappa shape index (κ3) is 7.04. The number of ether oxygens (including phenoxy) is 1. The van der Waals surface area contributed by atoms with Gasteiger partial charge >= 0.3 is 0 Å². The SMILES string of the molecule is I.NC(=NCc1ccccc1CN1CCOCC1)NC1CCCCCC1. The molecule has 1 aromatic rings. The van der Waals surface area contributed by atoms with Crippen molar-refractivity contribution >= 4 is 29.9 Å². The number of morpholine rings is 1. The lowest BCUT2D eigenvalue weighted by Crippen LogP contribution is -2.39. The zero-order chi connectivity index (χ0) is 17.3. The third-order valence-electron chi connectivity index (χ3n) is 5.24. The highest BCUT2D eigenvalue weighted by atomic mass is 127. The summed E-state index contributed by atoms with van der Waals surface area (Å²) in [5.74, 6) is 0.591. The van der Waals surface area contributed by atoms with Gasteiger partial charge in [0.25, 0.3) is 0 Å². The van der Waals surface area contributed by atoms with Crippen LogP contribution < -0.4 is 11.1 Å². The first-order chi connectivity index (χ1) is 12.3. The van der Waals surface area contributed by atoms with Gasteiger partial charge in [-0.1, -0.05) is 49.9 Å². The van der Waals surface area contributed by atoms with Gasteiger partial charge in [0.2, 0.25) is 0 Å². The number of nitrogens with zero attached hydrogens (tertiary/aromatic N) is 2. The van der Waals surface area contributed by atoms with E-state index >= 15 is 0 Å². The maximum Gasteiger partial charge on any atom is 0.189 e. The lowest BCUT2D eigenvalue weighted by atomic mass is 10.1. The van der Waals surface area contributed by atoms with Gasteiger partial charge in [-0.3, -0.25) is 4.90 Å². The molecule has 1 aliphatic carbocycles. The Balaban J connectivity index is 0.00000243. The Kier molecular flexibility index (Phi) is 9.71. The molecule has 1 saturated carbocycles. The Bertz CT molecular complexity index is 552. The van der Waals surface area contributed by atoms with E-state index in [0.29, 0.717) is 18.5 Å². The fourth-order valence-electron chi connectivity index (χ4n) is 3.72. The maximum absolute atomic E-state index is 6.15. The normalized spacial score (nSPS) is 20.2. The van der Waals surface area contributed by atoms with Gasteiger partial charge in [0, 0.05) is 25.7 Å². The molecule has 0 aromatic heterocycles. The van der Waals surface area contributed by atoms with Crippen LogP contribution in [0.15, 0.2) is 29.3 Å². The molecule has 0 atom stereocenters. The molecule has 0 bridgehead atoms. The van der Waals surface area contributed by atoms with Gasteiger partial charge in [-0.2, -0.15) is 0 Å². The van der Waals surface area contributed by atoms with Crippen molar-refractivity contribution in [2.24, 2.45) is 10.7 Å². The first kappa shape index (κ1) is 21.4. The predicted octanol–water partition coefficient (Wildman–Crippen LogP) is 3.26. The number of nitrogens with one attached hydrogen (secondary N) is 1. The molecule has 146 valence electrons. The molecule has 1 saturated heterocycles. The number of nitrogens with two attached hydrogens (primary N) is 1. The molecule has 6 heteroatoms. The topological polar surface area (TPSA) is 62.9 Å². The largest absolute Gasteiger partial charge is 0.379 e. The number of benzene rings is 1. The summed E-state index contributed by atoms with van der Waals surface area (Å²) in [5.41, 5.74) is 8.76. The second kappa shape index (κ2) is 11.8. The standard InChI is InChI=1S/C20H32N4O.HI/c21-20(23-19-9-3-1-2-4-10-19)22-15-17-7-5-6-8-18(17)16-24-11-13-25-14-12-24;/h5-8,19H,1-4,9-16H2,(H3,21,22,23);1H. The smallest absolute Gasteiger partial charge is 0.189 e. The molecule has 3 rings (SSSR count). The fourth-order valence-corrected chi connectivity index (χ4v) is 3.72. The van der Waals surface area contributed by atoms with Crippen molar-refractivity contribution in [2.75, 3.05) is 26.3 Å². The van der Waals surface area contributed by atoms with Crippen molar-refractivity contribution in [3.8, 4) is 0 Å². The summed E-state index contributed by atoms with van der Waals surface area (Å²) in [5, 5.41) is 3.43. The molecular weight excluding hydrogens is 439 g/mol. The van der Waals surface area contributed by atoms with E-state index in [2.05, 4.69) is 39.5 Å². The van der Waals surface area contributed by atoms with Crippen molar-refractivity contribution in [3.63, 3.8) is 0 Å². The molecule has 0 radical (unpaired) electrons. The third-order valence-corrected chi connectivity index (χ3v) is 5.24. The molecule has 0 spiro atoms. The van der Waals surface area contributed by atoms with Gasteiger partial charge in [-0.15, -0.1) is 24.0 Å². The first-order valence-electron chi connectivity index (χ1n) is 9.74. The van der Waals surface area contributed by atoms with Crippen LogP contribution in [0.25, 0.3) is 0 Å². The summed E-state index contributed by atoms with van der Waals surface area (Å²) in [4.78, 5) is 7.06. The second-order valence-corrected chi connectivity index (χ2v) is 7.19. The summed E-state index contributed by atoms with van der Waals surface area (Å²) in [6.07, 6.45) is 7.72. The van der Waals surface area contributed by atoms with E-state index in [0.717, 1.165) is 32.8 Å². The second-order valence-electron chi connectivity index (χ2n) is 7.19. The van der Waals surface area contributed by atoms with Gasteiger partial charge in [0.1, 0.15) is 0 Å². The number of rotatable bonds is 5. The molecule has 2 fully saturated rings. The number of halogens is 1. The van der Waals surface area contributed by atoms with E-state index in [4.69, 9.17) is 10.5 Å². The monoisotopic (exact) mass is 472 g/mol. The summed E-state index contributed by atoms with van der Waals surface area (Å²) >= 11 is 0.